The van der Waals surface area contributed by atoms with Gasteiger partial charge < -0.3 is 9.64 Å². The van der Waals surface area contributed by atoms with Crippen molar-refractivity contribution < 1.29 is 22.1 Å². The van der Waals surface area contributed by atoms with Crippen LogP contribution in [0.1, 0.15) is 12.5 Å². The van der Waals surface area contributed by atoms with Crippen molar-refractivity contribution in [3.63, 3.8) is 0 Å². The van der Waals surface area contributed by atoms with Crippen LogP contribution in [0, 0.1) is 12.9 Å². The van der Waals surface area contributed by atoms with Gasteiger partial charge in [-0.1, -0.05) is 17.7 Å². The predicted octanol–water partition coefficient (Wildman–Crippen LogP) is 2.79. The van der Waals surface area contributed by atoms with Gasteiger partial charge in [-0.25, -0.2) is 4.98 Å². The molecule has 0 fully saturated rings. The lowest BCUT2D eigenvalue weighted by Gasteiger charge is -2.19. The van der Waals surface area contributed by atoms with E-state index in [9.17, 15) is 12.8 Å². The molecular formula is C17H23FN2O4S. The molecule has 1 heterocycles. The minimum atomic E-state index is -4.02. The van der Waals surface area contributed by atoms with Gasteiger partial charge in [-0.15, -0.1) is 0 Å². The lowest BCUT2D eigenvalue weighted by atomic mass is 10.2. The number of hydrogen-bond acceptors (Lipinski definition) is 5. The molecule has 0 aliphatic carbocycles. The van der Waals surface area contributed by atoms with Crippen LogP contribution in [-0.4, -0.2) is 49.6 Å². The molecule has 0 aliphatic rings. The Bertz CT molecular complexity index is 747. The fourth-order valence-corrected chi connectivity index (χ4v) is 2.00. The molecule has 0 aliphatic heterocycles. The van der Waals surface area contributed by atoms with Crippen molar-refractivity contribution in [2.75, 3.05) is 20.7 Å². The van der Waals surface area contributed by atoms with E-state index in [1.165, 1.54) is 24.4 Å². The first-order chi connectivity index (χ1) is 11.6. The molecule has 0 spiro atoms. The average Bonchev–Trinajstić information content (AvgIpc) is 2.54. The maximum atomic E-state index is 12.4. The van der Waals surface area contributed by atoms with Crippen molar-refractivity contribution >= 4 is 10.1 Å². The Balaban J connectivity index is 0.000000257. The Morgan fingerprint density at radius 2 is 1.80 bits per heavy atom. The molecule has 1 atom stereocenters. The van der Waals surface area contributed by atoms with Gasteiger partial charge in [0.1, 0.15) is 12.4 Å². The number of hydrogen-bond donors (Lipinski definition) is 1. The molecule has 6 nitrogen and oxygen atoms in total. The zero-order valence-corrected chi connectivity index (χ0v) is 15.5. The third-order valence-electron chi connectivity index (χ3n) is 3.39. The fraction of sp³-hybridized carbons (Fsp3) is 0.353. The third kappa shape index (κ3) is 8.06. The van der Waals surface area contributed by atoms with Crippen molar-refractivity contribution in [1.82, 2.24) is 9.88 Å². The fourth-order valence-electron chi connectivity index (χ4n) is 1.52. The minimum absolute atomic E-state index is 0.0666. The number of aryl methyl sites for hydroxylation is 1. The number of benzene rings is 1. The number of pyridine rings is 1. The number of halogens is 1. The van der Waals surface area contributed by atoms with E-state index >= 15 is 0 Å². The Morgan fingerprint density at radius 1 is 1.20 bits per heavy atom. The van der Waals surface area contributed by atoms with Crippen LogP contribution < -0.4 is 4.74 Å². The molecule has 1 N–H and O–H groups in total. The summed E-state index contributed by atoms with van der Waals surface area (Å²) in [6.07, 6.45) is 1.39. The molecular weight excluding hydrogens is 347 g/mol. The van der Waals surface area contributed by atoms with Gasteiger partial charge in [0, 0.05) is 6.04 Å². The van der Waals surface area contributed by atoms with Crippen molar-refractivity contribution in [2.24, 2.45) is 0 Å². The van der Waals surface area contributed by atoms with E-state index in [4.69, 9.17) is 9.29 Å². The maximum Gasteiger partial charge on any atom is 0.294 e. The second-order valence-corrected chi connectivity index (χ2v) is 7.15. The predicted molar refractivity (Wildman–Crippen MR) is 93.8 cm³/mol. The number of nitrogens with zero attached hydrogens (tertiary/aromatic N) is 2. The van der Waals surface area contributed by atoms with E-state index in [2.05, 4.69) is 16.8 Å². The summed E-state index contributed by atoms with van der Waals surface area (Å²) >= 11 is 0. The third-order valence-corrected chi connectivity index (χ3v) is 4.26. The average molecular weight is 370 g/mol. The number of aromatic nitrogens is 1. The molecule has 25 heavy (non-hydrogen) atoms. The molecule has 0 bridgehead atoms. The molecule has 1 aromatic heterocycles. The van der Waals surface area contributed by atoms with Gasteiger partial charge in [-0.2, -0.15) is 12.8 Å². The van der Waals surface area contributed by atoms with Crippen molar-refractivity contribution in [3.05, 3.63) is 54.1 Å². The summed E-state index contributed by atoms with van der Waals surface area (Å²) < 4.78 is 47.4. The largest absolute Gasteiger partial charge is 0.490 e. The summed E-state index contributed by atoms with van der Waals surface area (Å²) in [6.45, 7) is 4.46. The summed E-state index contributed by atoms with van der Waals surface area (Å²) in [7, 11) is -0.0534. The van der Waals surface area contributed by atoms with Crippen LogP contribution in [-0.2, 0) is 10.1 Å². The van der Waals surface area contributed by atoms with Gasteiger partial charge in [0.05, 0.1) is 11.1 Å². The highest BCUT2D eigenvalue weighted by Crippen LogP contribution is 2.09. The summed E-state index contributed by atoms with van der Waals surface area (Å²) in [5.74, 6) is 0.109. The lowest BCUT2D eigenvalue weighted by molar-refractivity contribution is 0.197. The molecule has 0 radical (unpaired) electrons. The van der Waals surface area contributed by atoms with Crippen LogP contribution in [0.5, 0.6) is 5.75 Å². The van der Waals surface area contributed by atoms with E-state index < -0.39 is 16.1 Å². The maximum absolute atomic E-state index is 12.4. The molecule has 138 valence electrons. The minimum Gasteiger partial charge on any atom is -0.490 e. The van der Waals surface area contributed by atoms with Crippen LogP contribution in [0.2, 0.25) is 0 Å². The van der Waals surface area contributed by atoms with E-state index in [0.29, 0.717) is 18.4 Å². The number of rotatable bonds is 5. The quantitative estimate of drug-likeness (QED) is 0.644. The topological polar surface area (TPSA) is 79.7 Å². The van der Waals surface area contributed by atoms with Crippen LogP contribution in [0.3, 0.4) is 0 Å². The van der Waals surface area contributed by atoms with Crippen LogP contribution in [0.25, 0.3) is 0 Å². The first-order valence-corrected chi connectivity index (χ1v) is 8.98. The van der Waals surface area contributed by atoms with Gasteiger partial charge in [-0.05, 0) is 52.2 Å². The molecule has 2 aromatic rings. The summed E-state index contributed by atoms with van der Waals surface area (Å²) in [5.41, 5.74) is 0.956. The second kappa shape index (κ2) is 9.45. The Morgan fingerprint density at radius 3 is 2.24 bits per heavy atom. The molecule has 8 heteroatoms. The van der Waals surface area contributed by atoms with Crippen LogP contribution >= 0.6 is 0 Å². The summed E-state index contributed by atoms with van der Waals surface area (Å²) in [5, 5.41) is 0. The molecule has 0 unspecified atom stereocenters. The van der Waals surface area contributed by atoms with Gasteiger partial charge in [0.25, 0.3) is 10.1 Å². The standard InChI is InChI=1S/C10H15FN2O.C7H8O3S/c1-8(13(2)3)7-14-9-4-5-10(11)12-6-9;1-6-2-4-7(5-3-6)11(8,9)10/h4-6,8H,7H2,1-3H3;2-5H,1H3,(H,8,9,10)/t8-;/m0./s1. The Kier molecular flexibility index (Phi) is 7.95. The highest BCUT2D eigenvalue weighted by molar-refractivity contribution is 7.85. The Labute approximate surface area is 148 Å². The van der Waals surface area contributed by atoms with Gasteiger partial charge in [0.2, 0.25) is 5.95 Å². The SMILES string of the molecule is C[C@@H](COc1ccc(F)nc1)N(C)C.Cc1ccc(S(=O)(=O)O)cc1. The smallest absolute Gasteiger partial charge is 0.294 e. The van der Waals surface area contributed by atoms with Crippen molar-refractivity contribution in [3.8, 4) is 5.75 Å². The summed E-state index contributed by atoms with van der Waals surface area (Å²) in [6, 6.07) is 9.17. The highest BCUT2D eigenvalue weighted by Gasteiger charge is 2.07. The monoisotopic (exact) mass is 370 g/mol. The first kappa shape index (κ1) is 21.0. The molecule has 2 rings (SSSR count). The van der Waals surface area contributed by atoms with E-state index in [0.717, 1.165) is 5.56 Å². The lowest BCUT2D eigenvalue weighted by Crippen LogP contribution is -2.30. The first-order valence-electron chi connectivity index (χ1n) is 7.54. The second-order valence-electron chi connectivity index (χ2n) is 5.73. The highest BCUT2D eigenvalue weighted by atomic mass is 32.2. The van der Waals surface area contributed by atoms with Crippen LogP contribution in [0.4, 0.5) is 4.39 Å². The molecule has 1 aromatic carbocycles. The van der Waals surface area contributed by atoms with Crippen molar-refractivity contribution in [2.45, 2.75) is 24.8 Å². The summed E-state index contributed by atoms with van der Waals surface area (Å²) in [4.78, 5) is 5.48. The zero-order chi connectivity index (χ0) is 19.0. The number of likely N-dealkylation sites (N-methyl/N-ethyl adjacent to an activating group) is 1. The molecule has 0 amide bonds. The zero-order valence-electron chi connectivity index (χ0n) is 14.7. The van der Waals surface area contributed by atoms with E-state index in [1.54, 1.807) is 18.2 Å². The molecule has 0 saturated heterocycles. The van der Waals surface area contributed by atoms with Crippen molar-refractivity contribution in [1.29, 1.82) is 0 Å². The van der Waals surface area contributed by atoms with E-state index in [-0.39, 0.29) is 4.90 Å². The van der Waals surface area contributed by atoms with Gasteiger partial charge in [-0.3, -0.25) is 4.55 Å². The van der Waals surface area contributed by atoms with Gasteiger partial charge in [0.15, 0.2) is 0 Å². The van der Waals surface area contributed by atoms with E-state index in [1.807, 2.05) is 21.0 Å². The number of ether oxygens (including phenoxy) is 1. The van der Waals surface area contributed by atoms with Gasteiger partial charge >= 0.3 is 0 Å². The van der Waals surface area contributed by atoms with Crippen LogP contribution in [0.15, 0.2) is 47.5 Å². The molecule has 0 saturated carbocycles. The Hall–Kier alpha value is -2.03. The normalized spacial score (nSPS) is 12.3.